The van der Waals surface area contributed by atoms with E-state index in [0.717, 1.165) is 5.69 Å². The summed E-state index contributed by atoms with van der Waals surface area (Å²) in [6, 6.07) is 5.97. The number of carbonyl (C=O) groups excluding carboxylic acids is 3. The SMILES string of the molecule is COC(=O)c1ccc(C(=O)NCC(=O)Nc2c(C)nn(C)c2C)cc1. The van der Waals surface area contributed by atoms with Crippen molar-refractivity contribution in [1.29, 1.82) is 0 Å². The van der Waals surface area contributed by atoms with E-state index in [0.29, 0.717) is 22.5 Å². The summed E-state index contributed by atoms with van der Waals surface area (Å²) in [5.74, 6) is -1.24. The van der Waals surface area contributed by atoms with Gasteiger partial charge in [0.1, 0.15) is 0 Å². The summed E-state index contributed by atoms with van der Waals surface area (Å²) in [5, 5.41) is 9.49. The zero-order valence-electron chi connectivity index (χ0n) is 14.5. The topological polar surface area (TPSA) is 102 Å². The minimum atomic E-state index is -0.478. The van der Waals surface area contributed by atoms with Gasteiger partial charge in [-0.25, -0.2) is 4.79 Å². The Morgan fingerprint density at radius 1 is 1.12 bits per heavy atom. The second-order valence-corrected chi connectivity index (χ2v) is 5.47. The molecule has 0 spiro atoms. The van der Waals surface area contributed by atoms with Gasteiger partial charge in [-0.15, -0.1) is 0 Å². The zero-order valence-corrected chi connectivity index (χ0v) is 14.5. The van der Waals surface area contributed by atoms with Crippen LogP contribution in [0, 0.1) is 13.8 Å². The number of methoxy groups -OCH3 is 1. The number of esters is 1. The third kappa shape index (κ3) is 4.23. The Morgan fingerprint density at radius 3 is 2.24 bits per heavy atom. The minimum absolute atomic E-state index is 0.175. The highest BCUT2D eigenvalue weighted by Crippen LogP contribution is 2.17. The van der Waals surface area contributed by atoms with Crippen LogP contribution in [0.15, 0.2) is 24.3 Å². The van der Waals surface area contributed by atoms with Crippen LogP contribution in [0.4, 0.5) is 5.69 Å². The average Bonchev–Trinajstić information content (AvgIpc) is 2.85. The van der Waals surface area contributed by atoms with Crippen LogP contribution in [0.5, 0.6) is 0 Å². The first-order valence-electron chi connectivity index (χ1n) is 7.60. The first kappa shape index (κ1) is 18.2. The van der Waals surface area contributed by atoms with Crippen molar-refractivity contribution >= 4 is 23.5 Å². The van der Waals surface area contributed by atoms with Crippen molar-refractivity contribution in [2.24, 2.45) is 7.05 Å². The second kappa shape index (κ2) is 7.61. The first-order valence-corrected chi connectivity index (χ1v) is 7.60. The van der Waals surface area contributed by atoms with Crippen molar-refractivity contribution in [3.05, 3.63) is 46.8 Å². The van der Waals surface area contributed by atoms with Crippen LogP contribution < -0.4 is 10.6 Å². The molecule has 25 heavy (non-hydrogen) atoms. The summed E-state index contributed by atoms with van der Waals surface area (Å²) in [4.78, 5) is 35.4. The molecule has 2 amide bonds. The van der Waals surface area contributed by atoms with Crippen LogP contribution >= 0.6 is 0 Å². The third-order valence-corrected chi connectivity index (χ3v) is 3.75. The van der Waals surface area contributed by atoms with Gasteiger partial charge in [0.15, 0.2) is 0 Å². The van der Waals surface area contributed by atoms with E-state index < -0.39 is 11.9 Å². The smallest absolute Gasteiger partial charge is 0.337 e. The van der Waals surface area contributed by atoms with Gasteiger partial charge in [0.2, 0.25) is 5.91 Å². The molecular weight excluding hydrogens is 324 g/mol. The molecule has 0 aliphatic carbocycles. The fourth-order valence-corrected chi connectivity index (χ4v) is 2.28. The quantitative estimate of drug-likeness (QED) is 0.793. The van der Waals surface area contributed by atoms with E-state index in [1.165, 1.54) is 31.4 Å². The summed E-state index contributed by atoms with van der Waals surface area (Å²) < 4.78 is 6.27. The highest BCUT2D eigenvalue weighted by molar-refractivity contribution is 6.00. The van der Waals surface area contributed by atoms with Crippen LogP contribution in [0.2, 0.25) is 0 Å². The van der Waals surface area contributed by atoms with E-state index in [1.807, 2.05) is 6.92 Å². The molecule has 0 saturated heterocycles. The molecule has 0 fully saturated rings. The number of nitrogens with zero attached hydrogens (tertiary/aromatic N) is 2. The first-order chi connectivity index (χ1) is 11.8. The molecule has 8 heteroatoms. The summed E-state index contributed by atoms with van der Waals surface area (Å²) >= 11 is 0. The van der Waals surface area contributed by atoms with Gasteiger partial charge in [0, 0.05) is 12.6 Å². The maximum atomic E-state index is 12.1. The molecule has 1 heterocycles. The van der Waals surface area contributed by atoms with Crippen LogP contribution in [-0.4, -0.2) is 41.2 Å². The minimum Gasteiger partial charge on any atom is -0.465 e. The molecule has 1 aromatic carbocycles. The maximum Gasteiger partial charge on any atom is 0.337 e. The van der Waals surface area contributed by atoms with E-state index in [-0.39, 0.29) is 12.5 Å². The number of aryl methyl sites for hydroxylation is 2. The number of hydrogen-bond donors (Lipinski definition) is 2. The zero-order chi connectivity index (χ0) is 18.6. The molecule has 0 aliphatic rings. The van der Waals surface area contributed by atoms with Gasteiger partial charge in [0.25, 0.3) is 5.91 Å². The molecule has 0 aliphatic heterocycles. The fourth-order valence-electron chi connectivity index (χ4n) is 2.28. The van der Waals surface area contributed by atoms with Gasteiger partial charge in [-0.2, -0.15) is 5.10 Å². The molecule has 8 nitrogen and oxygen atoms in total. The normalized spacial score (nSPS) is 10.2. The van der Waals surface area contributed by atoms with Crippen LogP contribution in [-0.2, 0) is 16.6 Å². The fraction of sp³-hybridized carbons (Fsp3) is 0.294. The molecule has 0 radical (unpaired) electrons. The number of amides is 2. The van der Waals surface area contributed by atoms with E-state index >= 15 is 0 Å². The maximum absolute atomic E-state index is 12.1. The van der Waals surface area contributed by atoms with Crippen molar-refractivity contribution in [2.75, 3.05) is 19.0 Å². The van der Waals surface area contributed by atoms with Gasteiger partial charge in [-0.05, 0) is 38.1 Å². The summed E-state index contributed by atoms with van der Waals surface area (Å²) in [5.41, 5.74) is 2.87. The van der Waals surface area contributed by atoms with Crippen molar-refractivity contribution in [3.8, 4) is 0 Å². The average molecular weight is 344 g/mol. The predicted octanol–water partition coefficient (Wildman–Crippen LogP) is 1.19. The Hall–Kier alpha value is -3.16. The number of hydrogen-bond acceptors (Lipinski definition) is 5. The molecule has 0 unspecified atom stereocenters. The molecule has 0 atom stereocenters. The Balaban J connectivity index is 1.93. The lowest BCUT2D eigenvalue weighted by molar-refractivity contribution is -0.115. The summed E-state index contributed by atoms with van der Waals surface area (Å²) in [6.45, 7) is 3.46. The monoisotopic (exact) mass is 344 g/mol. The van der Waals surface area contributed by atoms with E-state index in [9.17, 15) is 14.4 Å². The second-order valence-electron chi connectivity index (χ2n) is 5.47. The van der Waals surface area contributed by atoms with Crippen molar-refractivity contribution in [1.82, 2.24) is 15.1 Å². The number of nitrogens with one attached hydrogen (secondary N) is 2. The van der Waals surface area contributed by atoms with Gasteiger partial charge in [-0.3, -0.25) is 14.3 Å². The van der Waals surface area contributed by atoms with E-state index in [1.54, 1.807) is 18.7 Å². The Morgan fingerprint density at radius 2 is 1.72 bits per heavy atom. The Labute approximate surface area is 145 Å². The van der Waals surface area contributed by atoms with Crippen molar-refractivity contribution < 1.29 is 19.1 Å². The van der Waals surface area contributed by atoms with Gasteiger partial charge < -0.3 is 15.4 Å². The molecule has 1 aromatic heterocycles. The van der Waals surface area contributed by atoms with E-state index in [4.69, 9.17) is 0 Å². The molecule has 2 N–H and O–H groups in total. The number of anilines is 1. The highest BCUT2D eigenvalue weighted by atomic mass is 16.5. The van der Waals surface area contributed by atoms with Crippen LogP contribution in [0.25, 0.3) is 0 Å². The molecule has 2 aromatic rings. The van der Waals surface area contributed by atoms with Gasteiger partial charge in [0.05, 0.1) is 36.3 Å². The number of rotatable bonds is 5. The van der Waals surface area contributed by atoms with Gasteiger partial charge >= 0.3 is 5.97 Å². The lowest BCUT2D eigenvalue weighted by Gasteiger charge is -2.08. The predicted molar refractivity (Wildman–Crippen MR) is 91.4 cm³/mol. The molecule has 132 valence electrons. The summed E-state index contributed by atoms with van der Waals surface area (Å²) in [7, 11) is 3.07. The lowest BCUT2D eigenvalue weighted by Crippen LogP contribution is -2.33. The third-order valence-electron chi connectivity index (χ3n) is 3.75. The number of benzene rings is 1. The molecule has 0 saturated carbocycles. The van der Waals surface area contributed by atoms with Crippen molar-refractivity contribution in [3.63, 3.8) is 0 Å². The lowest BCUT2D eigenvalue weighted by atomic mass is 10.1. The largest absolute Gasteiger partial charge is 0.465 e. The van der Waals surface area contributed by atoms with Crippen molar-refractivity contribution in [2.45, 2.75) is 13.8 Å². The number of ether oxygens (including phenoxy) is 1. The highest BCUT2D eigenvalue weighted by Gasteiger charge is 2.14. The van der Waals surface area contributed by atoms with Crippen LogP contribution in [0.3, 0.4) is 0 Å². The standard InChI is InChI=1S/C17H20N4O4/c1-10-15(11(2)21(3)20-10)19-14(22)9-18-16(23)12-5-7-13(8-6-12)17(24)25-4/h5-8H,9H2,1-4H3,(H,18,23)(H,19,22). The van der Waals surface area contributed by atoms with E-state index in [2.05, 4.69) is 20.5 Å². The molecule has 0 bridgehead atoms. The van der Waals surface area contributed by atoms with Crippen LogP contribution in [0.1, 0.15) is 32.1 Å². The number of carbonyl (C=O) groups is 3. The molecule has 2 rings (SSSR count). The van der Waals surface area contributed by atoms with Gasteiger partial charge in [-0.1, -0.05) is 0 Å². The number of aromatic nitrogens is 2. The Kier molecular flexibility index (Phi) is 5.53. The summed E-state index contributed by atoms with van der Waals surface area (Å²) in [6.07, 6.45) is 0. The Bertz CT molecular complexity index is 809. The molecular formula is C17H20N4O4.